The van der Waals surface area contributed by atoms with Crippen LogP contribution in [-0.4, -0.2) is 44.7 Å². The monoisotopic (exact) mass is 418 g/mol. The number of carbonyl (C=O) groups is 1. The molecule has 2 aromatic rings. The summed E-state index contributed by atoms with van der Waals surface area (Å²) in [6.07, 6.45) is 4.68. The molecular formula is C25H26N2O4. The molecule has 1 heterocycles. The van der Waals surface area contributed by atoms with Gasteiger partial charge in [0.05, 0.1) is 31.4 Å². The van der Waals surface area contributed by atoms with Crippen molar-refractivity contribution in [3.8, 4) is 17.6 Å². The number of benzene rings is 2. The molecule has 0 amide bonds. The van der Waals surface area contributed by atoms with E-state index in [1.54, 1.807) is 38.5 Å². The normalized spacial score (nSPS) is 22.8. The number of hydrogen-bond donors (Lipinski definition) is 0. The lowest BCUT2D eigenvalue weighted by Gasteiger charge is -2.40. The van der Waals surface area contributed by atoms with Gasteiger partial charge >= 0.3 is 5.97 Å². The van der Waals surface area contributed by atoms with E-state index in [2.05, 4.69) is 36.2 Å². The van der Waals surface area contributed by atoms with Crippen LogP contribution in [-0.2, 0) is 10.2 Å². The first-order valence-electron chi connectivity index (χ1n) is 10.4. The van der Waals surface area contributed by atoms with Gasteiger partial charge in [0.25, 0.3) is 0 Å². The third-order valence-electron chi connectivity index (χ3n) is 6.54. The van der Waals surface area contributed by atoms with E-state index in [4.69, 9.17) is 19.5 Å². The lowest BCUT2D eigenvalue weighted by atomic mass is 9.68. The van der Waals surface area contributed by atoms with E-state index in [1.165, 1.54) is 5.56 Å². The Kier molecular flexibility index (Phi) is 5.71. The zero-order chi connectivity index (χ0) is 22.0. The van der Waals surface area contributed by atoms with Crippen molar-refractivity contribution in [2.45, 2.75) is 30.7 Å². The van der Waals surface area contributed by atoms with Gasteiger partial charge in [0.1, 0.15) is 5.76 Å². The lowest BCUT2D eigenvalue weighted by molar-refractivity contribution is 0.0593. The average Bonchev–Trinajstić information content (AvgIpc) is 3.15. The number of nitrogens with zero attached hydrogens (tertiary/aromatic N) is 2. The van der Waals surface area contributed by atoms with Crippen molar-refractivity contribution < 1.29 is 19.0 Å². The molecule has 1 fully saturated rings. The van der Waals surface area contributed by atoms with Crippen molar-refractivity contribution in [2.24, 2.45) is 0 Å². The van der Waals surface area contributed by atoms with Crippen LogP contribution in [0.15, 0.2) is 54.3 Å². The predicted octanol–water partition coefficient (Wildman–Crippen LogP) is 4.05. The number of methoxy groups -OCH3 is 2. The molecule has 0 unspecified atom stereocenters. The molecule has 2 aromatic carbocycles. The molecule has 0 saturated carbocycles. The summed E-state index contributed by atoms with van der Waals surface area (Å²) >= 11 is 0. The van der Waals surface area contributed by atoms with Gasteiger partial charge in [-0.1, -0.05) is 6.07 Å². The number of hydrogen-bond acceptors (Lipinski definition) is 6. The summed E-state index contributed by atoms with van der Waals surface area (Å²) in [5.74, 6) is 1.75. The Morgan fingerprint density at radius 2 is 1.84 bits per heavy atom. The Labute approximate surface area is 182 Å². The molecule has 31 heavy (non-hydrogen) atoms. The van der Waals surface area contributed by atoms with Crippen LogP contribution in [0.25, 0.3) is 0 Å². The van der Waals surface area contributed by atoms with Gasteiger partial charge in [-0.3, -0.25) is 4.90 Å². The van der Waals surface area contributed by atoms with Crippen LogP contribution in [0.3, 0.4) is 0 Å². The van der Waals surface area contributed by atoms with Crippen LogP contribution in [0.2, 0.25) is 0 Å². The van der Waals surface area contributed by atoms with E-state index >= 15 is 0 Å². The van der Waals surface area contributed by atoms with Gasteiger partial charge in [0, 0.05) is 17.9 Å². The summed E-state index contributed by atoms with van der Waals surface area (Å²) in [5.41, 5.74) is 2.11. The topological polar surface area (TPSA) is 71.8 Å². The third kappa shape index (κ3) is 3.77. The Morgan fingerprint density at radius 1 is 1.10 bits per heavy atom. The van der Waals surface area contributed by atoms with Crippen molar-refractivity contribution in [2.75, 3.05) is 27.8 Å². The summed E-state index contributed by atoms with van der Waals surface area (Å²) < 4.78 is 16.7. The van der Waals surface area contributed by atoms with Crippen molar-refractivity contribution in [1.29, 1.82) is 5.26 Å². The fraction of sp³-hybridized carbons (Fsp3) is 0.360. The highest BCUT2D eigenvalue weighted by molar-refractivity contribution is 5.90. The number of esters is 1. The molecule has 0 radical (unpaired) electrons. The summed E-state index contributed by atoms with van der Waals surface area (Å²) in [5, 5.41) is 8.93. The fourth-order valence-corrected chi connectivity index (χ4v) is 4.80. The number of likely N-dealkylation sites (tertiary alicyclic amines) is 1. The largest absolute Gasteiger partial charge is 0.493 e. The van der Waals surface area contributed by atoms with Crippen LogP contribution >= 0.6 is 0 Å². The van der Waals surface area contributed by atoms with Crippen LogP contribution in [0, 0.1) is 11.3 Å². The quantitative estimate of drug-likeness (QED) is 0.682. The SMILES string of the molecule is COc1ccc([C@@]23CCC(OC(=O)c4ccc(C#N)cc4)=C[C@@H]2N(C)CC3)cc1OC. The highest BCUT2D eigenvalue weighted by atomic mass is 16.5. The van der Waals surface area contributed by atoms with Crippen molar-refractivity contribution >= 4 is 5.97 Å². The standard InChI is InChI=1S/C25H26N2O4/c1-27-13-12-25(19-8-9-21(29-2)22(14-19)30-3)11-10-20(15-23(25)27)31-24(28)18-6-4-17(16-26)5-7-18/h4-9,14-15,23H,10-13H2,1-3H3/t23-,25-/m0/s1. The van der Waals surface area contributed by atoms with Crippen LogP contribution in [0.1, 0.15) is 40.7 Å². The molecule has 2 atom stereocenters. The van der Waals surface area contributed by atoms with E-state index in [0.717, 1.165) is 25.1 Å². The molecule has 0 N–H and O–H groups in total. The minimum absolute atomic E-state index is 0.0569. The predicted molar refractivity (Wildman–Crippen MR) is 116 cm³/mol. The van der Waals surface area contributed by atoms with Gasteiger partial charge in [0.2, 0.25) is 0 Å². The first-order valence-corrected chi connectivity index (χ1v) is 10.4. The summed E-state index contributed by atoms with van der Waals surface area (Å²) in [4.78, 5) is 14.9. The molecule has 6 heteroatoms. The van der Waals surface area contributed by atoms with Gasteiger partial charge < -0.3 is 14.2 Å². The van der Waals surface area contributed by atoms with Crippen LogP contribution in [0.4, 0.5) is 0 Å². The number of nitriles is 1. The molecule has 160 valence electrons. The van der Waals surface area contributed by atoms with Gasteiger partial charge in [-0.25, -0.2) is 4.79 Å². The molecule has 2 aliphatic rings. The lowest BCUT2D eigenvalue weighted by Crippen LogP contribution is -2.42. The number of ether oxygens (including phenoxy) is 3. The van der Waals surface area contributed by atoms with E-state index in [1.807, 2.05) is 6.07 Å². The Bertz CT molecular complexity index is 1050. The van der Waals surface area contributed by atoms with Crippen LogP contribution < -0.4 is 9.47 Å². The second kappa shape index (κ2) is 8.44. The first-order chi connectivity index (χ1) is 15.0. The molecule has 0 bridgehead atoms. The maximum atomic E-state index is 12.6. The molecule has 1 saturated heterocycles. The molecule has 4 rings (SSSR count). The summed E-state index contributed by atoms with van der Waals surface area (Å²) in [6.45, 7) is 0.965. The zero-order valence-corrected chi connectivity index (χ0v) is 18.1. The number of likely N-dealkylation sites (N-methyl/N-ethyl adjacent to an activating group) is 1. The zero-order valence-electron chi connectivity index (χ0n) is 18.1. The highest BCUT2D eigenvalue weighted by Crippen LogP contribution is 2.49. The maximum Gasteiger partial charge on any atom is 0.343 e. The second-order valence-corrected chi connectivity index (χ2v) is 8.11. The number of allylic oxidation sites excluding steroid dienone is 1. The van der Waals surface area contributed by atoms with Gasteiger partial charge in [-0.15, -0.1) is 0 Å². The minimum Gasteiger partial charge on any atom is -0.493 e. The minimum atomic E-state index is -0.394. The van der Waals surface area contributed by atoms with Crippen molar-refractivity contribution in [1.82, 2.24) is 4.90 Å². The fourth-order valence-electron chi connectivity index (χ4n) is 4.80. The van der Waals surface area contributed by atoms with E-state index in [-0.39, 0.29) is 11.5 Å². The van der Waals surface area contributed by atoms with E-state index in [0.29, 0.717) is 29.1 Å². The van der Waals surface area contributed by atoms with E-state index < -0.39 is 5.97 Å². The third-order valence-corrected chi connectivity index (χ3v) is 6.54. The Balaban J connectivity index is 1.59. The Morgan fingerprint density at radius 3 is 2.52 bits per heavy atom. The maximum absolute atomic E-state index is 12.6. The summed E-state index contributed by atoms with van der Waals surface area (Å²) in [6, 6.07) is 14.8. The second-order valence-electron chi connectivity index (χ2n) is 8.11. The number of carbonyl (C=O) groups excluding carboxylic acids is 1. The molecule has 1 aliphatic carbocycles. The van der Waals surface area contributed by atoms with Gasteiger partial charge in [-0.05, 0) is 74.5 Å². The van der Waals surface area contributed by atoms with Gasteiger partial charge in [0.15, 0.2) is 11.5 Å². The number of fused-ring (bicyclic) bond motifs is 1. The first kappa shape index (κ1) is 21.0. The molecule has 0 spiro atoms. The number of rotatable bonds is 5. The molecule has 1 aliphatic heterocycles. The summed E-state index contributed by atoms with van der Waals surface area (Å²) in [7, 11) is 5.40. The molecular weight excluding hydrogens is 392 g/mol. The average molecular weight is 418 g/mol. The Hall–Kier alpha value is -3.30. The molecule has 0 aromatic heterocycles. The van der Waals surface area contributed by atoms with E-state index in [9.17, 15) is 4.79 Å². The van der Waals surface area contributed by atoms with Crippen molar-refractivity contribution in [3.05, 3.63) is 71.0 Å². The van der Waals surface area contributed by atoms with Crippen molar-refractivity contribution in [3.63, 3.8) is 0 Å². The highest BCUT2D eigenvalue weighted by Gasteiger charge is 2.48. The van der Waals surface area contributed by atoms with Gasteiger partial charge in [-0.2, -0.15) is 5.26 Å². The smallest absolute Gasteiger partial charge is 0.343 e. The molecule has 6 nitrogen and oxygen atoms in total. The van der Waals surface area contributed by atoms with Crippen LogP contribution in [0.5, 0.6) is 11.5 Å².